The molecule has 2 aromatic carbocycles. The van der Waals surface area contributed by atoms with Gasteiger partial charge in [0.1, 0.15) is 23.0 Å². The van der Waals surface area contributed by atoms with E-state index in [1.807, 2.05) is 0 Å². The summed E-state index contributed by atoms with van der Waals surface area (Å²) in [4.78, 5) is 17.1. The average Bonchev–Trinajstić information content (AvgIpc) is 3.38. The minimum Gasteiger partial charge on any atom is -0.497 e. The van der Waals surface area contributed by atoms with Gasteiger partial charge in [0, 0.05) is 17.8 Å². The van der Waals surface area contributed by atoms with Crippen molar-refractivity contribution in [2.45, 2.75) is 20.4 Å². The number of rotatable bonds is 7. The minimum atomic E-state index is -1.07. The summed E-state index contributed by atoms with van der Waals surface area (Å²) in [7, 11) is 3.11. The number of anilines is 1. The fourth-order valence-corrected chi connectivity index (χ4v) is 3.29. The van der Waals surface area contributed by atoms with Crippen LogP contribution in [0.4, 0.5) is 14.5 Å². The molecular weight excluding hydrogens is 448 g/mol. The monoisotopic (exact) mass is 469 g/mol. The van der Waals surface area contributed by atoms with Crippen molar-refractivity contribution in [3.05, 3.63) is 70.9 Å². The zero-order valence-corrected chi connectivity index (χ0v) is 18.8. The van der Waals surface area contributed by atoms with E-state index in [-0.39, 0.29) is 17.9 Å². The Balaban J connectivity index is 1.55. The molecule has 9 nitrogen and oxygen atoms in total. The van der Waals surface area contributed by atoms with Crippen molar-refractivity contribution < 1.29 is 27.5 Å². The van der Waals surface area contributed by atoms with Gasteiger partial charge in [0.25, 0.3) is 5.91 Å². The van der Waals surface area contributed by atoms with Gasteiger partial charge in [-0.1, -0.05) is 5.21 Å². The lowest BCUT2D eigenvalue weighted by Gasteiger charge is -2.07. The van der Waals surface area contributed by atoms with Crippen LogP contribution in [-0.2, 0) is 6.54 Å². The molecular formula is C23H21F2N5O4. The van der Waals surface area contributed by atoms with E-state index in [1.165, 1.54) is 10.7 Å². The molecule has 1 amide bonds. The molecule has 0 aliphatic carbocycles. The second-order valence-electron chi connectivity index (χ2n) is 7.35. The van der Waals surface area contributed by atoms with E-state index < -0.39 is 17.5 Å². The number of hydrogen-bond acceptors (Lipinski definition) is 7. The van der Waals surface area contributed by atoms with Crippen molar-refractivity contribution in [1.29, 1.82) is 0 Å². The van der Waals surface area contributed by atoms with Crippen molar-refractivity contribution in [3.63, 3.8) is 0 Å². The molecule has 2 aromatic heterocycles. The summed E-state index contributed by atoms with van der Waals surface area (Å²) in [5.74, 6) is -0.567. The van der Waals surface area contributed by atoms with Crippen LogP contribution in [0.25, 0.3) is 11.5 Å². The summed E-state index contributed by atoms with van der Waals surface area (Å²) in [5, 5.41) is 10.4. The number of nitrogens with zero attached hydrogens (tertiary/aromatic N) is 4. The third-order valence-electron chi connectivity index (χ3n) is 5.21. The highest BCUT2D eigenvalue weighted by molar-refractivity contribution is 6.03. The number of oxazole rings is 1. The third-order valence-corrected chi connectivity index (χ3v) is 5.21. The third kappa shape index (κ3) is 4.45. The van der Waals surface area contributed by atoms with E-state index in [0.717, 1.165) is 12.1 Å². The average molecular weight is 469 g/mol. The van der Waals surface area contributed by atoms with Crippen LogP contribution < -0.4 is 14.8 Å². The smallest absolute Gasteiger partial charge is 0.278 e. The van der Waals surface area contributed by atoms with Gasteiger partial charge in [0.15, 0.2) is 17.3 Å². The summed E-state index contributed by atoms with van der Waals surface area (Å²) in [6.07, 6.45) is 0. The number of hydrogen-bond donors (Lipinski definition) is 1. The van der Waals surface area contributed by atoms with Gasteiger partial charge in [-0.2, -0.15) is 0 Å². The molecule has 1 N–H and O–H groups in total. The first-order chi connectivity index (χ1) is 16.3. The Labute approximate surface area is 193 Å². The zero-order valence-electron chi connectivity index (χ0n) is 18.8. The summed E-state index contributed by atoms with van der Waals surface area (Å²) < 4.78 is 44.5. The van der Waals surface area contributed by atoms with Crippen molar-refractivity contribution in [2.75, 3.05) is 19.5 Å². The molecule has 0 aliphatic heterocycles. The van der Waals surface area contributed by atoms with Gasteiger partial charge in [-0.25, -0.2) is 18.4 Å². The highest BCUT2D eigenvalue weighted by atomic mass is 19.2. The maximum absolute atomic E-state index is 13.4. The Kier molecular flexibility index (Phi) is 6.26. The molecule has 0 unspecified atom stereocenters. The van der Waals surface area contributed by atoms with E-state index >= 15 is 0 Å². The van der Waals surface area contributed by atoms with Crippen molar-refractivity contribution in [1.82, 2.24) is 20.0 Å². The minimum absolute atomic E-state index is 0.0444. The number of carbonyl (C=O) groups is 1. The van der Waals surface area contributed by atoms with Crippen LogP contribution in [0.1, 0.15) is 27.6 Å². The Bertz CT molecular complexity index is 1370. The highest BCUT2D eigenvalue weighted by Crippen LogP contribution is 2.33. The predicted molar refractivity (Wildman–Crippen MR) is 118 cm³/mol. The molecule has 2 heterocycles. The van der Waals surface area contributed by atoms with Crippen LogP contribution in [0.5, 0.6) is 11.5 Å². The number of aromatic nitrogens is 4. The van der Waals surface area contributed by atoms with Gasteiger partial charge in [0.05, 0.1) is 32.0 Å². The number of halogens is 2. The summed E-state index contributed by atoms with van der Waals surface area (Å²) in [5.41, 5.74) is 1.85. The SMILES string of the molecule is COc1ccc(-c2nc(Cn3nnc(C(=O)Nc4ccc(F)c(F)c4)c3C)c(C)o2)c(OC)c1. The van der Waals surface area contributed by atoms with Crippen LogP contribution >= 0.6 is 0 Å². The maximum atomic E-state index is 13.4. The summed E-state index contributed by atoms with van der Waals surface area (Å²) in [6.45, 7) is 3.64. The molecule has 4 aromatic rings. The van der Waals surface area contributed by atoms with Crippen molar-refractivity contribution in [3.8, 4) is 23.0 Å². The molecule has 34 heavy (non-hydrogen) atoms. The highest BCUT2D eigenvalue weighted by Gasteiger charge is 2.21. The molecule has 0 atom stereocenters. The number of carbonyl (C=O) groups excluding carboxylic acids is 1. The fourth-order valence-electron chi connectivity index (χ4n) is 3.29. The first-order valence-electron chi connectivity index (χ1n) is 10.2. The van der Waals surface area contributed by atoms with Gasteiger partial charge in [-0.05, 0) is 38.1 Å². The van der Waals surface area contributed by atoms with E-state index in [2.05, 4.69) is 20.6 Å². The van der Waals surface area contributed by atoms with Crippen LogP contribution in [0.3, 0.4) is 0 Å². The molecule has 0 aliphatic rings. The number of nitrogens with one attached hydrogen (secondary N) is 1. The number of amides is 1. The lowest BCUT2D eigenvalue weighted by atomic mass is 10.2. The van der Waals surface area contributed by atoms with Gasteiger partial charge >= 0.3 is 0 Å². The van der Waals surface area contributed by atoms with Crippen molar-refractivity contribution in [2.24, 2.45) is 0 Å². The van der Waals surface area contributed by atoms with Gasteiger partial charge in [-0.15, -0.1) is 5.10 Å². The molecule has 0 spiro atoms. The maximum Gasteiger partial charge on any atom is 0.278 e. The summed E-state index contributed by atoms with van der Waals surface area (Å²) >= 11 is 0. The second kappa shape index (κ2) is 9.30. The van der Waals surface area contributed by atoms with Gasteiger partial charge in [-0.3, -0.25) is 4.79 Å². The zero-order chi connectivity index (χ0) is 24.4. The number of aryl methyl sites for hydroxylation is 1. The molecule has 0 saturated heterocycles. The van der Waals surface area contributed by atoms with E-state index in [9.17, 15) is 13.6 Å². The molecule has 176 valence electrons. The van der Waals surface area contributed by atoms with E-state index in [1.54, 1.807) is 46.3 Å². The lowest BCUT2D eigenvalue weighted by molar-refractivity contribution is 0.102. The number of ether oxygens (including phenoxy) is 2. The molecule has 11 heteroatoms. The van der Waals surface area contributed by atoms with Crippen LogP contribution in [0, 0.1) is 25.5 Å². The first kappa shape index (κ1) is 22.9. The molecule has 0 saturated carbocycles. The van der Waals surface area contributed by atoms with Crippen LogP contribution in [0.15, 0.2) is 40.8 Å². The fraction of sp³-hybridized carbons (Fsp3) is 0.217. The van der Waals surface area contributed by atoms with Crippen LogP contribution in [0.2, 0.25) is 0 Å². The van der Waals surface area contributed by atoms with Gasteiger partial charge < -0.3 is 19.2 Å². The number of benzene rings is 2. The molecule has 0 bridgehead atoms. The standard InChI is InChI=1S/C23H21F2N5O4/c1-12-21(22(31)26-14-5-8-17(24)18(25)9-14)28-29-30(12)11-19-13(2)34-23(27-19)16-7-6-15(32-3)10-20(16)33-4/h5-10H,11H2,1-4H3,(H,26,31). The van der Waals surface area contributed by atoms with Crippen molar-refractivity contribution >= 4 is 11.6 Å². The van der Waals surface area contributed by atoms with E-state index in [0.29, 0.717) is 40.1 Å². The normalized spacial score (nSPS) is 10.9. The lowest BCUT2D eigenvalue weighted by Crippen LogP contribution is -2.15. The first-order valence-corrected chi connectivity index (χ1v) is 10.2. The molecule has 0 fully saturated rings. The predicted octanol–water partition coefficient (Wildman–Crippen LogP) is 4.15. The largest absolute Gasteiger partial charge is 0.497 e. The van der Waals surface area contributed by atoms with E-state index in [4.69, 9.17) is 13.9 Å². The summed E-state index contributed by atoms with van der Waals surface area (Å²) in [6, 6.07) is 8.36. The number of methoxy groups -OCH3 is 2. The Morgan fingerprint density at radius 2 is 1.88 bits per heavy atom. The Morgan fingerprint density at radius 3 is 2.59 bits per heavy atom. The quantitative estimate of drug-likeness (QED) is 0.434. The van der Waals surface area contributed by atoms with Crippen LogP contribution in [-0.4, -0.2) is 40.1 Å². The topological polar surface area (TPSA) is 104 Å². The molecule has 4 rings (SSSR count). The van der Waals surface area contributed by atoms with Gasteiger partial charge in [0.2, 0.25) is 5.89 Å². The Hall–Kier alpha value is -4.28. The Morgan fingerprint density at radius 1 is 1.09 bits per heavy atom. The molecule has 0 radical (unpaired) electrons. The second-order valence-corrected chi connectivity index (χ2v) is 7.35.